The molecule has 1 aromatic carbocycles. The second-order valence-corrected chi connectivity index (χ2v) is 3.35. The van der Waals surface area contributed by atoms with Crippen LogP contribution in [-0.4, -0.2) is 26.1 Å². The molecule has 19 heavy (non-hydrogen) atoms. The van der Waals surface area contributed by atoms with Crippen LogP contribution in [0.15, 0.2) is 28.2 Å². The third kappa shape index (κ3) is 11.4. The number of anilines is 1. The Morgan fingerprint density at radius 3 is 2.42 bits per heavy atom. The predicted molar refractivity (Wildman–Crippen MR) is 85.5 cm³/mol. The van der Waals surface area contributed by atoms with Crippen LogP contribution in [0.5, 0.6) is 0 Å². The van der Waals surface area contributed by atoms with Crippen molar-refractivity contribution in [2.45, 2.75) is 27.7 Å². The van der Waals surface area contributed by atoms with Crippen molar-refractivity contribution in [3.8, 4) is 0 Å². The lowest BCUT2D eigenvalue weighted by atomic mass is 10.3. The predicted octanol–water partition coefficient (Wildman–Crippen LogP) is 4.67. The Balaban J connectivity index is 0. The smallest absolute Gasteiger partial charge is 0.143 e. The maximum absolute atomic E-state index is 12.9. The molecule has 1 aromatic rings. The van der Waals surface area contributed by atoms with Crippen molar-refractivity contribution in [1.29, 1.82) is 0 Å². The highest BCUT2D eigenvalue weighted by molar-refractivity contribution is 6.30. The Hall–Kier alpha value is -1.42. The van der Waals surface area contributed by atoms with Gasteiger partial charge in [-0.2, -0.15) is 0 Å². The zero-order valence-electron chi connectivity index (χ0n) is 12.1. The Bertz CT molecular complexity index is 368. The molecule has 0 fully saturated rings. The van der Waals surface area contributed by atoms with Gasteiger partial charge in [0, 0.05) is 12.2 Å². The lowest BCUT2D eigenvalue weighted by Gasteiger charge is -2.03. The number of nitrogens with one attached hydrogen (secondary N) is 1. The summed E-state index contributed by atoms with van der Waals surface area (Å²) in [5.41, 5.74) is 0.674. The molecule has 3 nitrogen and oxygen atoms in total. The average Bonchev–Trinajstić information content (AvgIpc) is 2.45. The normalized spacial score (nSPS) is 8.95. The summed E-state index contributed by atoms with van der Waals surface area (Å²) in [6, 6.07) is 4.55. The molecule has 0 radical (unpaired) electrons. The lowest BCUT2D eigenvalue weighted by Crippen LogP contribution is -1.98. The van der Waals surface area contributed by atoms with Gasteiger partial charge in [-0.1, -0.05) is 25.4 Å². The lowest BCUT2D eigenvalue weighted by molar-refractivity contribution is 0.628. The highest BCUT2D eigenvalue weighted by atomic mass is 35.5. The van der Waals surface area contributed by atoms with Gasteiger partial charge >= 0.3 is 0 Å². The molecule has 0 aliphatic heterocycles. The Kier molecular flexibility index (Phi) is 15.3. The third-order valence-electron chi connectivity index (χ3n) is 1.70. The quantitative estimate of drug-likeness (QED) is 0.803. The molecule has 0 amide bonds. The standard InChI is InChI=1S/C9H10ClFN2.C3H7N.C2H6/c1-2-12-6-13-7-3-4-8(10)9(11)5-7;1-3-4-2;1-2/h2-5,13H,6H2,1H3;2-3H2,1H3;1-2H3/b12-2-;;. The minimum atomic E-state index is -0.424. The summed E-state index contributed by atoms with van der Waals surface area (Å²) in [6.07, 6.45) is 1.68. The first kappa shape index (κ1) is 19.9. The maximum atomic E-state index is 12.9. The number of halogens is 2. The van der Waals surface area contributed by atoms with E-state index in [0.717, 1.165) is 6.54 Å². The highest BCUT2D eigenvalue weighted by Crippen LogP contribution is 2.18. The van der Waals surface area contributed by atoms with Crippen molar-refractivity contribution in [3.05, 3.63) is 29.0 Å². The van der Waals surface area contributed by atoms with E-state index >= 15 is 0 Å². The van der Waals surface area contributed by atoms with Crippen molar-refractivity contribution < 1.29 is 4.39 Å². The van der Waals surface area contributed by atoms with Crippen LogP contribution in [0.2, 0.25) is 5.02 Å². The monoisotopic (exact) mass is 287 g/mol. The Morgan fingerprint density at radius 1 is 1.42 bits per heavy atom. The van der Waals surface area contributed by atoms with E-state index in [4.69, 9.17) is 11.6 Å². The molecule has 0 unspecified atom stereocenters. The minimum Gasteiger partial charge on any atom is -0.366 e. The van der Waals surface area contributed by atoms with Crippen molar-refractivity contribution in [2.24, 2.45) is 9.98 Å². The fourth-order valence-corrected chi connectivity index (χ4v) is 0.952. The molecular formula is C14H23ClFN3. The molecule has 0 saturated heterocycles. The first-order valence-electron chi connectivity index (χ1n) is 6.21. The van der Waals surface area contributed by atoms with Crippen LogP contribution in [-0.2, 0) is 0 Å². The zero-order chi connectivity index (χ0) is 15.1. The van der Waals surface area contributed by atoms with Crippen LogP contribution in [0.25, 0.3) is 0 Å². The van der Waals surface area contributed by atoms with Crippen LogP contribution in [0.1, 0.15) is 27.7 Å². The second kappa shape index (κ2) is 14.6. The minimum absolute atomic E-state index is 0.129. The zero-order valence-corrected chi connectivity index (χ0v) is 12.8. The van der Waals surface area contributed by atoms with Gasteiger partial charge in [0.2, 0.25) is 0 Å². The van der Waals surface area contributed by atoms with Crippen LogP contribution >= 0.6 is 11.6 Å². The molecule has 0 heterocycles. The largest absolute Gasteiger partial charge is 0.366 e. The Labute approximate surface area is 120 Å². The van der Waals surface area contributed by atoms with E-state index < -0.39 is 5.82 Å². The molecule has 0 saturated carbocycles. The summed E-state index contributed by atoms with van der Waals surface area (Å²) in [5, 5.41) is 3.05. The summed E-state index contributed by atoms with van der Waals surface area (Å²) in [5.74, 6) is -0.424. The fourth-order valence-electron chi connectivity index (χ4n) is 0.834. The van der Waals surface area contributed by atoms with Crippen LogP contribution in [0.3, 0.4) is 0 Å². The highest BCUT2D eigenvalue weighted by Gasteiger charge is 1.99. The molecule has 0 atom stereocenters. The number of hydrogen-bond donors (Lipinski definition) is 1. The van der Waals surface area contributed by atoms with E-state index in [-0.39, 0.29) is 5.02 Å². The summed E-state index contributed by atoms with van der Waals surface area (Å²) < 4.78 is 12.9. The molecule has 0 spiro atoms. The third-order valence-corrected chi connectivity index (χ3v) is 2.01. The Morgan fingerprint density at radius 2 is 2.00 bits per heavy atom. The van der Waals surface area contributed by atoms with Gasteiger partial charge < -0.3 is 10.3 Å². The van der Waals surface area contributed by atoms with Gasteiger partial charge in [0.15, 0.2) is 0 Å². The van der Waals surface area contributed by atoms with Crippen molar-refractivity contribution in [3.63, 3.8) is 0 Å². The van der Waals surface area contributed by atoms with Crippen LogP contribution < -0.4 is 5.32 Å². The van der Waals surface area contributed by atoms with Gasteiger partial charge in [0.25, 0.3) is 0 Å². The van der Waals surface area contributed by atoms with Crippen molar-refractivity contribution >= 4 is 30.2 Å². The first-order valence-corrected chi connectivity index (χ1v) is 6.59. The van der Waals surface area contributed by atoms with Gasteiger partial charge in [-0.05, 0) is 45.0 Å². The van der Waals surface area contributed by atoms with Crippen LogP contribution in [0.4, 0.5) is 10.1 Å². The van der Waals surface area contributed by atoms with E-state index in [9.17, 15) is 4.39 Å². The fraction of sp³-hybridized carbons (Fsp3) is 0.429. The number of nitrogens with zero attached hydrogens (tertiary/aromatic N) is 2. The summed E-state index contributed by atoms with van der Waals surface area (Å²) in [6.45, 7) is 12.3. The molecule has 1 N–H and O–H groups in total. The van der Waals surface area contributed by atoms with Crippen molar-refractivity contribution in [1.82, 2.24) is 0 Å². The second-order valence-electron chi connectivity index (χ2n) is 2.94. The number of hydrogen-bond acceptors (Lipinski definition) is 3. The molecule has 0 bridgehead atoms. The number of benzene rings is 1. The van der Waals surface area contributed by atoms with Gasteiger partial charge in [0.1, 0.15) is 12.5 Å². The average molecular weight is 288 g/mol. The topological polar surface area (TPSA) is 36.8 Å². The molecule has 0 aliphatic rings. The molecule has 5 heteroatoms. The van der Waals surface area contributed by atoms with Gasteiger partial charge in [-0.15, -0.1) is 0 Å². The molecule has 108 valence electrons. The summed E-state index contributed by atoms with van der Waals surface area (Å²) in [7, 11) is 0. The number of aliphatic imine (C=N–C) groups is 2. The number of rotatable bonds is 4. The van der Waals surface area contributed by atoms with Gasteiger partial charge in [-0.25, -0.2) is 4.39 Å². The van der Waals surface area contributed by atoms with E-state index in [2.05, 4.69) is 22.0 Å². The maximum Gasteiger partial charge on any atom is 0.143 e. The van der Waals surface area contributed by atoms with Crippen molar-refractivity contribution in [2.75, 3.05) is 18.5 Å². The van der Waals surface area contributed by atoms with Gasteiger partial charge in [-0.3, -0.25) is 4.99 Å². The van der Waals surface area contributed by atoms with Gasteiger partial charge in [0.05, 0.1) is 5.02 Å². The SMILES string of the molecule is C/C=N\CNc1ccc(Cl)c(F)c1.C=NCC.CC. The molecule has 1 rings (SSSR count). The molecular weight excluding hydrogens is 265 g/mol. The van der Waals surface area contributed by atoms with Crippen LogP contribution in [0, 0.1) is 5.82 Å². The van der Waals surface area contributed by atoms with E-state index in [1.165, 1.54) is 12.1 Å². The summed E-state index contributed by atoms with van der Waals surface area (Å²) in [4.78, 5) is 7.41. The molecule has 0 aliphatic carbocycles. The first-order chi connectivity index (χ1) is 9.15. The summed E-state index contributed by atoms with van der Waals surface area (Å²) >= 11 is 5.51. The molecule has 0 aromatic heterocycles. The van der Waals surface area contributed by atoms with E-state index in [1.807, 2.05) is 27.7 Å². The van der Waals surface area contributed by atoms with E-state index in [1.54, 1.807) is 12.3 Å². The van der Waals surface area contributed by atoms with E-state index in [0.29, 0.717) is 12.4 Å².